The molecule has 35 heavy (non-hydrogen) atoms. The number of carbonyl (C=O) groups is 4. The SMILES string of the molecule is C=CCOC(=O)[C@H](CCCCNC(=O)C(C)=O)NC(=O)OCC1c2ccccc2-c2ccccc21. The second-order valence-electron chi connectivity index (χ2n) is 8.25. The fraction of sp³-hybridized carbons (Fsp3) is 0.333. The van der Waals surface area contributed by atoms with E-state index in [4.69, 9.17) is 9.47 Å². The summed E-state index contributed by atoms with van der Waals surface area (Å²) in [7, 11) is 0. The maximum absolute atomic E-state index is 12.6. The number of Topliss-reactive ketones (excluding diaryl/α,β-unsaturated/α-hetero) is 1. The number of amides is 2. The largest absolute Gasteiger partial charge is 0.460 e. The van der Waals surface area contributed by atoms with Gasteiger partial charge in [-0.2, -0.15) is 0 Å². The van der Waals surface area contributed by atoms with Crippen LogP contribution in [0.3, 0.4) is 0 Å². The molecule has 184 valence electrons. The normalized spacial score (nSPS) is 12.6. The number of esters is 1. The van der Waals surface area contributed by atoms with Crippen LogP contribution in [0.25, 0.3) is 11.1 Å². The third-order valence-corrected chi connectivity index (χ3v) is 5.79. The van der Waals surface area contributed by atoms with Crippen LogP contribution in [0, 0.1) is 0 Å². The molecule has 2 aromatic carbocycles. The van der Waals surface area contributed by atoms with Gasteiger partial charge in [0.1, 0.15) is 19.3 Å². The van der Waals surface area contributed by atoms with Crippen molar-refractivity contribution in [2.24, 2.45) is 0 Å². The number of carbonyl (C=O) groups excluding carboxylic acids is 4. The Morgan fingerprint density at radius 3 is 2.20 bits per heavy atom. The highest BCUT2D eigenvalue weighted by Crippen LogP contribution is 2.44. The molecule has 8 nitrogen and oxygen atoms in total. The van der Waals surface area contributed by atoms with Crippen LogP contribution in [0.5, 0.6) is 0 Å². The van der Waals surface area contributed by atoms with Crippen LogP contribution < -0.4 is 10.6 Å². The number of hydrogen-bond acceptors (Lipinski definition) is 6. The van der Waals surface area contributed by atoms with E-state index in [0.717, 1.165) is 22.3 Å². The van der Waals surface area contributed by atoms with E-state index in [1.807, 2.05) is 36.4 Å². The number of rotatable bonds is 12. The van der Waals surface area contributed by atoms with Crippen LogP contribution in [0.4, 0.5) is 4.79 Å². The zero-order valence-corrected chi connectivity index (χ0v) is 19.8. The van der Waals surface area contributed by atoms with E-state index < -0.39 is 29.8 Å². The van der Waals surface area contributed by atoms with E-state index in [-0.39, 0.29) is 32.1 Å². The van der Waals surface area contributed by atoms with E-state index >= 15 is 0 Å². The van der Waals surface area contributed by atoms with Crippen LogP contribution in [0.1, 0.15) is 43.2 Å². The summed E-state index contributed by atoms with van der Waals surface area (Å²) < 4.78 is 10.6. The van der Waals surface area contributed by atoms with Crippen LogP contribution in [-0.2, 0) is 23.9 Å². The number of alkyl carbamates (subject to hydrolysis) is 1. The summed E-state index contributed by atoms with van der Waals surface area (Å²) in [5, 5.41) is 5.10. The Labute approximate surface area is 204 Å². The lowest BCUT2D eigenvalue weighted by atomic mass is 9.98. The molecular weight excluding hydrogens is 448 g/mol. The van der Waals surface area contributed by atoms with Gasteiger partial charge in [0.25, 0.3) is 5.91 Å². The molecular formula is C27H30N2O6. The Kier molecular flexibility index (Phi) is 9.17. The highest BCUT2D eigenvalue weighted by Gasteiger charge is 2.30. The molecule has 0 radical (unpaired) electrons. The summed E-state index contributed by atoms with van der Waals surface area (Å²) in [6.45, 7) is 5.16. The van der Waals surface area contributed by atoms with E-state index in [2.05, 4.69) is 29.3 Å². The van der Waals surface area contributed by atoms with Gasteiger partial charge in [-0.15, -0.1) is 0 Å². The van der Waals surface area contributed by atoms with Gasteiger partial charge in [-0.3, -0.25) is 9.59 Å². The van der Waals surface area contributed by atoms with Gasteiger partial charge in [0.2, 0.25) is 5.78 Å². The minimum atomic E-state index is -0.908. The molecule has 0 unspecified atom stereocenters. The first kappa shape index (κ1) is 25.7. The lowest BCUT2D eigenvalue weighted by molar-refractivity contribution is -0.145. The first-order valence-corrected chi connectivity index (χ1v) is 11.6. The monoisotopic (exact) mass is 478 g/mol. The zero-order valence-electron chi connectivity index (χ0n) is 19.8. The van der Waals surface area contributed by atoms with Gasteiger partial charge in [0, 0.05) is 19.4 Å². The molecule has 0 spiro atoms. The Morgan fingerprint density at radius 2 is 1.60 bits per heavy atom. The maximum Gasteiger partial charge on any atom is 0.407 e. The minimum absolute atomic E-state index is 0.0242. The molecule has 8 heteroatoms. The van der Waals surface area contributed by atoms with Crippen molar-refractivity contribution >= 4 is 23.8 Å². The van der Waals surface area contributed by atoms with E-state index in [9.17, 15) is 19.2 Å². The van der Waals surface area contributed by atoms with Gasteiger partial charge >= 0.3 is 12.1 Å². The van der Waals surface area contributed by atoms with Crippen molar-refractivity contribution in [1.82, 2.24) is 10.6 Å². The molecule has 1 atom stereocenters. The number of unbranched alkanes of at least 4 members (excludes halogenated alkanes) is 1. The average molecular weight is 479 g/mol. The van der Waals surface area contributed by atoms with Gasteiger partial charge in [-0.1, -0.05) is 61.2 Å². The number of fused-ring (bicyclic) bond motifs is 3. The van der Waals surface area contributed by atoms with E-state index in [0.29, 0.717) is 12.8 Å². The molecule has 2 N–H and O–H groups in total. The topological polar surface area (TPSA) is 111 Å². The molecule has 1 aliphatic carbocycles. The Hall–Kier alpha value is -3.94. The molecule has 0 heterocycles. The molecule has 0 saturated heterocycles. The summed E-state index contributed by atoms with van der Waals surface area (Å²) in [5.41, 5.74) is 4.44. The highest BCUT2D eigenvalue weighted by molar-refractivity contribution is 6.35. The Balaban J connectivity index is 1.56. The maximum atomic E-state index is 12.6. The fourth-order valence-corrected chi connectivity index (χ4v) is 4.07. The van der Waals surface area contributed by atoms with E-state index in [1.54, 1.807) is 0 Å². The van der Waals surface area contributed by atoms with Gasteiger partial charge in [-0.25, -0.2) is 9.59 Å². The molecule has 0 bridgehead atoms. The van der Waals surface area contributed by atoms with Crippen LogP contribution in [0.2, 0.25) is 0 Å². The number of nitrogens with one attached hydrogen (secondary N) is 2. The quantitative estimate of drug-likeness (QED) is 0.209. The minimum Gasteiger partial charge on any atom is -0.460 e. The number of ether oxygens (including phenoxy) is 2. The predicted molar refractivity (Wildman–Crippen MR) is 131 cm³/mol. The van der Waals surface area contributed by atoms with Crippen LogP contribution in [-0.4, -0.2) is 49.6 Å². The van der Waals surface area contributed by atoms with Crippen molar-refractivity contribution < 1.29 is 28.7 Å². The van der Waals surface area contributed by atoms with Crippen LogP contribution in [0.15, 0.2) is 61.2 Å². The number of ketones is 1. The van der Waals surface area contributed by atoms with Gasteiger partial charge in [-0.05, 0) is 41.5 Å². The van der Waals surface area contributed by atoms with Gasteiger partial charge in [0.05, 0.1) is 0 Å². The number of benzene rings is 2. The fourth-order valence-electron chi connectivity index (χ4n) is 4.07. The second-order valence-corrected chi connectivity index (χ2v) is 8.25. The predicted octanol–water partition coefficient (Wildman–Crippen LogP) is 3.50. The summed E-state index contributed by atoms with van der Waals surface area (Å²) >= 11 is 0. The molecule has 2 amide bonds. The highest BCUT2D eigenvalue weighted by atomic mass is 16.6. The third-order valence-electron chi connectivity index (χ3n) is 5.79. The molecule has 0 aromatic heterocycles. The Morgan fingerprint density at radius 1 is 0.971 bits per heavy atom. The molecule has 0 saturated carbocycles. The molecule has 1 aliphatic rings. The zero-order chi connectivity index (χ0) is 25.2. The van der Waals surface area contributed by atoms with Crippen molar-refractivity contribution in [2.45, 2.75) is 38.1 Å². The smallest absolute Gasteiger partial charge is 0.407 e. The van der Waals surface area contributed by atoms with E-state index in [1.165, 1.54) is 13.0 Å². The lowest BCUT2D eigenvalue weighted by Gasteiger charge is -2.19. The summed E-state index contributed by atoms with van der Waals surface area (Å²) in [4.78, 5) is 47.3. The lowest BCUT2D eigenvalue weighted by Crippen LogP contribution is -2.42. The van der Waals surface area contributed by atoms with Crippen molar-refractivity contribution in [1.29, 1.82) is 0 Å². The van der Waals surface area contributed by atoms with Crippen LogP contribution >= 0.6 is 0 Å². The standard InChI is InChI=1S/C27H30N2O6/c1-3-16-34-26(32)24(14-8-9-15-28-25(31)18(2)30)29-27(33)35-17-23-21-12-6-4-10-19(21)20-11-5-7-13-22(20)23/h3-7,10-13,23-24H,1,8-9,14-17H2,2H3,(H,28,31)(H,29,33)/t24-/m0/s1. The van der Waals surface area contributed by atoms with Crippen molar-refractivity contribution in [3.8, 4) is 11.1 Å². The van der Waals surface area contributed by atoms with Crippen molar-refractivity contribution in [3.63, 3.8) is 0 Å². The van der Waals surface area contributed by atoms with Crippen molar-refractivity contribution in [3.05, 3.63) is 72.3 Å². The first-order valence-electron chi connectivity index (χ1n) is 11.6. The first-order chi connectivity index (χ1) is 16.9. The molecule has 2 aromatic rings. The molecule has 0 aliphatic heterocycles. The third kappa shape index (κ3) is 6.79. The number of hydrogen-bond donors (Lipinski definition) is 2. The van der Waals surface area contributed by atoms with Gasteiger partial charge in [0.15, 0.2) is 0 Å². The van der Waals surface area contributed by atoms with Gasteiger partial charge < -0.3 is 20.1 Å². The summed E-state index contributed by atoms with van der Waals surface area (Å²) in [6.07, 6.45) is 2.06. The second kappa shape index (κ2) is 12.5. The molecule has 0 fully saturated rings. The average Bonchev–Trinajstić information content (AvgIpc) is 3.18. The Bertz CT molecular complexity index is 1050. The summed E-state index contributed by atoms with van der Waals surface area (Å²) in [5.74, 6) is -1.90. The van der Waals surface area contributed by atoms with Crippen molar-refractivity contribution in [2.75, 3.05) is 19.8 Å². The molecule has 3 rings (SSSR count). The summed E-state index contributed by atoms with van der Waals surface area (Å²) in [6, 6.07) is 15.1.